The molecule has 0 aliphatic carbocycles. The zero-order valence-electron chi connectivity index (χ0n) is 8.39. The van der Waals surface area contributed by atoms with Crippen LogP contribution in [0.2, 0.25) is 0 Å². The Hall–Kier alpha value is -1.68. The van der Waals surface area contributed by atoms with E-state index in [-0.39, 0.29) is 5.82 Å². The van der Waals surface area contributed by atoms with E-state index in [0.29, 0.717) is 11.3 Å². The number of rotatable bonds is 2. The minimum absolute atomic E-state index is 0.296. The van der Waals surface area contributed by atoms with E-state index < -0.39 is 6.04 Å². The quantitative estimate of drug-likeness (QED) is 0.809. The molecule has 1 atom stereocenters. The molecule has 0 amide bonds. The molecule has 0 bridgehead atoms. The molecule has 15 heavy (non-hydrogen) atoms. The third-order valence-electron chi connectivity index (χ3n) is 2.29. The highest BCUT2D eigenvalue weighted by atomic mass is 19.1. The van der Waals surface area contributed by atoms with Gasteiger partial charge in [0.25, 0.3) is 0 Å². The third kappa shape index (κ3) is 1.89. The Morgan fingerprint density at radius 1 is 1.33 bits per heavy atom. The largest absolute Gasteiger partial charge is 0.319 e. The summed E-state index contributed by atoms with van der Waals surface area (Å²) in [6.07, 6.45) is 1.79. The van der Waals surface area contributed by atoms with Gasteiger partial charge in [0.1, 0.15) is 5.82 Å². The van der Waals surface area contributed by atoms with Crippen LogP contribution in [0.25, 0.3) is 0 Å². The van der Waals surface area contributed by atoms with Crippen LogP contribution >= 0.6 is 0 Å². The van der Waals surface area contributed by atoms with Crippen molar-refractivity contribution in [2.24, 2.45) is 12.8 Å². The lowest BCUT2D eigenvalue weighted by Gasteiger charge is -2.09. The van der Waals surface area contributed by atoms with Gasteiger partial charge in [0.2, 0.25) is 0 Å². The van der Waals surface area contributed by atoms with Crippen LogP contribution in [0.15, 0.2) is 36.5 Å². The van der Waals surface area contributed by atoms with E-state index in [4.69, 9.17) is 5.73 Å². The molecule has 1 unspecified atom stereocenters. The molecule has 2 rings (SSSR count). The predicted octanol–water partition coefficient (Wildman–Crippen LogP) is 1.61. The number of nitrogens with zero attached hydrogens (tertiary/aromatic N) is 2. The highest BCUT2D eigenvalue weighted by Crippen LogP contribution is 2.20. The summed E-state index contributed by atoms with van der Waals surface area (Å²) >= 11 is 0. The van der Waals surface area contributed by atoms with E-state index in [9.17, 15) is 4.39 Å². The van der Waals surface area contributed by atoms with E-state index in [1.165, 1.54) is 6.07 Å². The normalized spacial score (nSPS) is 12.7. The fourth-order valence-corrected chi connectivity index (χ4v) is 1.49. The fraction of sp³-hybridized carbons (Fsp3) is 0.182. The Morgan fingerprint density at radius 2 is 2.07 bits per heavy atom. The zero-order chi connectivity index (χ0) is 10.8. The lowest BCUT2D eigenvalue weighted by atomic mass is 10.0. The van der Waals surface area contributed by atoms with Gasteiger partial charge in [0.15, 0.2) is 0 Å². The summed E-state index contributed by atoms with van der Waals surface area (Å²) in [6, 6.07) is 7.77. The second kappa shape index (κ2) is 3.82. The molecule has 1 aromatic carbocycles. The summed E-state index contributed by atoms with van der Waals surface area (Å²) in [6.45, 7) is 0. The zero-order valence-corrected chi connectivity index (χ0v) is 8.39. The number of aryl methyl sites for hydroxylation is 1. The first-order valence-corrected chi connectivity index (χ1v) is 4.68. The summed E-state index contributed by atoms with van der Waals surface area (Å²) in [4.78, 5) is 0. The molecule has 4 heteroatoms. The molecule has 0 aliphatic rings. The number of benzene rings is 1. The summed E-state index contributed by atoms with van der Waals surface area (Å²) < 4.78 is 15.1. The van der Waals surface area contributed by atoms with Crippen LogP contribution in [-0.4, -0.2) is 9.78 Å². The smallest absolute Gasteiger partial charge is 0.128 e. The number of hydrogen-bond donors (Lipinski definition) is 1. The highest BCUT2D eigenvalue weighted by molar-refractivity contribution is 5.27. The first kappa shape index (κ1) is 9.86. The molecular weight excluding hydrogens is 193 g/mol. The van der Waals surface area contributed by atoms with E-state index in [1.807, 2.05) is 0 Å². The number of hydrogen-bond acceptors (Lipinski definition) is 2. The van der Waals surface area contributed by atoms with Gasteiger partial charge in [-0.2, -0.15) is 5.10 Å². The second-order valence-electron chi connectivity index (χ2n) is 3.41. The summed E-state index contributed by atoms with van der Waals surface area (Å²) in [5, 5.41) is 4.15. The van der Waals surface area contributed by atoms with Crippen LogP contribution in [0, 0.1) is 5.82 Å². The molecule has 3 nitrogen and oxygen atoms in total. The van der Waals surface area contributed by atoms with E-state index >= 15 is 0 Å². The maximum atomic E-state index is 13.4. The molecule has 2 N–H and O–H groups in total. The third-order valence-corrected chi connectivity index (χ3v) is 2.29. The fourth-order valence-electron chi connectivity index (χ4n) is 1.49. The number of nitrogens with two attached hydrogens (primary N) is 1. The molecule has 2 aromatic rings. The minimum Gasteiger partial charge on any atom is -0.319 e. The Morgan fingerprint density at radius 3 is 2.67 bits per heavy atom. The molecule has 0 radical (unpaired) electrons. The number of aromatic nitrogens is 2. The van der Waals surface area contributed by atoms with Crippen molar-refractivity contribution in [3.63, 3.8) is 0 Å². The first-order valence-electron chi connectivity index (χ1n) is 4.68. The lowest BCUT2D eigenvalue weighted by Crippen LogP contribution is -2.14. The van der Waals surface area contributed by atoms with Crippen molar-refractivity contribution < 1.29 is 4.39 Å². The first-order chi connectivity index (χ1) is 7.18. The van der Waals surface area contributed by atoms with Crippen molar-refractivity contribution in [2.45, 2.75) is 6.04 Å². The minimum atomic E-state index is -0.507. The lowest BCUT2D eigenvalue weighted by molar-refractivity contribution is 0.594. The van der Waals surface area contributed by atoms with Gasteiger partial charge >= 0.3 is 0 Å². The van der Waals surface area contributed by atoms with Crippen molar-refractivity contribution in [3.05, 3.63) is 53.6 Å². The van der Waals surface area contributed by atoms with Gasteiger partial charge in [-0.25, -0.2) is 4.39 Å². The summed E-state index contributed by atoms with van der Waals surface area (Å²) in [5.74, 6) is -0.296. The molecular formula is C11H12FN3. The van der Waals surface area contributed by atoms with Gasteiger partial charge in [-0.1, -0.05) is 18.2 Å². The van der Waals surface area contributed by atoms with Crippen LogP contribution in [-0.2, 0) is 7.05 Å². The highest BCUT2D eigenvalue weighted by Gasteiger charge is 2.14. The van der Waals surface area contributed by atoms with E-state index in [0.717, 1.165) is 0 Å². The molecule has 78 valence electrons. The van der Waals surface area contributed by atoms with Gasteiger partial charge < -0.3 is 5.73 Å². The standard InChI is InChI=1S/C11H12FN3/c1-15-7-6-10(14-15)11(13)8-4-2-3-5-9(8)12/h2-7,11H,13H2,1H3. The molecule has 0 saturated carbocycles. The molecule has 1 aromatic heterocycles. The maximum absolute atomic E-state index is 13.4. The number of halogens is 1. The molecule has 0 fully saturated rings. The van der Waals surface area contributed by atoms with Crippen molar-refractivity contribution in [2.75, 3.05) is 0 Å². The van der Waals surface area contributed by atoms with Crippen molar-refractivity contribution in [1.82, 2.24) is 9.78 Å². The van der Waals surface area contributed by atoms with Gasteiger partial charge in [0.05, 0.1) is 11.7 Å². The molecule has 0 spiro atoms. The van der Waals surface area contributed by atoms with Crippen LogP contribution in [0.4, 0.5) is 4.39 Å². The summed E-state index contributed by atoms with van der Waals surface area (Å²) in [7, 11) is 1.80. The Kier molecular flexibility index (Phi) is 2.51. The van der Waals surface area contributed by atoms with Gasteiger partial charge in [-0.3, -0.25) is 4.68 Å². The van der Waals surface area contributed by atoms with Crippen molar-refractivity contribution in [3.8, 4) is 0 Å². The summed E-state index contributed by atoms with van der Waals surface area (Å²) in [5.41, 5.74) is 7.05. The van der Waals surface area contributed by atoms with Crippen molar-refractivity contribution >= 4 is 0 Å². The topological polar surface area (TPSA) is 43.8 Å². The SMILES string of the molecule is Cn1ccc(C(N)c2ccccc2F)n1. The maximum Gasteiger partial charge on any atom is 0.128 e. The molecule has 0 aliphatic heterocycles. The molecule has 1 heterocycles. The monoisotopic (exact) mass is 205 g/mol. The van der Waals surface area contributed by atoms with Crippen LogP contribution in [0.3, 0.4) is 0 Å². The Labute approximate surface area is 87.3 Å². The molecule has 0 saturated heterocycles. The van der Waals surface area contributed by atoms with Crippen LogP contribution in [0.1, 0.15) is 17.3 Å². The van der Waals surface area contributed by atoms with Gasteiger partial charge in [0, 0.05) is 18.8 Å². The van der Waals surface area contributed by atoms with Crippen LogP contribution in [0.5, 0.6) is 0 Å². The van der Waals surface area contributed by atoms with Gasteiger partial charge in [-0.15, -0.1) is 0 Å². The average Bonchev–Trinajstić information content (AvgIpc) is 2.65. The van der Waals surface area contributed by atoms with E-state index in [2.05, 4.69) is 5.10 Å². The Bertz CT molecular complexity index is 464. The van der Waals surface area contributed by atoms with Crippen LogP contribution < -0.4 is 5.73 Å². The Balaban J connectivity index is 2.36. The van der Waals surface area contributed by atoms with Gasteiger partial charge in [-0.05, 0) is 12.1 Å². The average molecular weight is 205 g/mol. The predicted molar refractivity (Wildman–Crippen MR) is 55.6 cm³/mol. The second-order valence-corrected chi connectivity index (χ2v) is 3.41. The van der Waals surface area contributed by atoms with E-state index in [1.54, 1.807) is 42.2 Å². The van der Waals surface area contributed by atoms with Crippen molar-refractivity contribution in [1.29, 1.82) is 0 Å².